The van der Waals surface area contributed by atoms with Crippen LogP contribution in [0.25, 0.3) is 0 Å². The number of aryl methyl sites for hydroxylation is 1. The fourth-order valence-electron chi connectivity index (χ4n) is 4.95. The van der Waals surface area contributed by atoms with Crippen LogP contribution < -0.4 is 0 Å². The van der Waals surface area contributed by atoms with Crippen LogP contribution in [0.3, 0.4) is 0 Å². The third-order valence-electron chi connectivity index (χ3n) is 7.50. The molecule has 1 amide bonds. The van der Waals surface area contributed by atoms with E-state index < -0.39 is 11.7 Å². The maximum Gasteiger partial charge on any atom is 0.410 e. The van der Waals surface area contributed by atoms with Crippen LogP contribution in [0.1, 0.15) is 62.1 Å². The van der Waals surface area contributed by atoms with Gasteiger partial charge in [0.25, 0.3) is 0 Å². The predicted octanol–water partition coefficient (Wildman–Crippen LogP) is 4.61. The Bertz CT molecular complexity index is 938. The van der Waals surface area contributed by atoms with E-state index in [4.69, 9.17) is 4.74 Å². The number of rotatable bonds is 6. The van der Waals surface area contributed by atoms with E-state index in [2.05, 4.69) is 23.0 Å². The largest absolute Gasteiger partial charge is 0.445 e. The summed E-state index contributed by atoms with van der Waals surface area (Å²) in [4.78, 5) is 19.4. The minimum atomic E-state index is -1.16. The van der Waals surface area contributed by atoms with Crippen molar-refractivity contribution in [3.63, 3.8) is 0 Å². The molecule has 7 nitrogen and oxygen atoms in total. The summed E-state index contributed by atoms with van der Waals surface area (Å²) in [5.74, 6) is 0.558. The molecular weight excluding hydrogens is 454 g/mol. The molecule has 4 rings (SSSR count). The Balaban J connectivity index is 0.000000840. The molecule has 1 atom stereocenters. The summed E-state index contributed by atoms with van der Waals surface area (Å²) in [5.41, 5.74) is 2.49. The molecule has 3 N–H and O–H groups in total. The number of allylic oxidation sites excluding steroid dienone is 2. The number of aliphatic hydroxyl groups is 2. The van der Waals surface area contributed by atoms with Gasteiger partial charge in [-0.1, -0.05) is 42.5 Å². The normalized spacial score (nSPS) is 19.5. The zero-order chi connectivity index (χ0) is 26.0. The number of nitrogens with one attached hydrogen (secondary N) is 1. The van der Waals surface area contributed by atoms with Gasteiger partial charge in [-0.25, -0.2) is 4.79 Å². The molecule has 36 heavy (non-hydrogen) atoms. The second-order valence-corrected chi connectivity index (χ2v) is 9.98. The van der Waals surface area contributed by atoms with Crippen molar-refractivity contribution in [2.75, 3.05) is 32.7 Å². The zero-order valence-electron chi connectivity index (χ0n) is 22.0. The van der Waals surface area contributed by atoms with Crippen molar-refractivity contribution in [1.82, 2.24) is 14.8 Å². The van der Waals surface area contributed by atoms with Gasteiger partial charge in [-0.2, -0.15) is 0 Å². The van der Waals surface area contributed by atoms with Crippen LogP contribution in [0.5, 0.6) is 0 Å². The molecule has 1 unspecified atom stereocenters. The summed E-state index contributed by atoms with van der Waals surface area (Å²) in [7, 11) is 0. The lowest BCUT2D eigenvalue weighted by Gasteiger charge is -2.42. The Morgan fingerprint density at radius 3 is 2.31 bits per heavy atom. The third-order valence-corrected chi connectivity index (χ3v) is 7.50. The molecular formula is C29H43N3O4. The smallest absolute Gasteiger partial charge is 0.410 e. The molecule has 0 aliphatic carbocycles. The van der Waals surface area contributed by atoms with Crippen molar-refractivity contribution in [2.45, 2.75) is 70.7 Å². The first kappa shape index (κ1) is 28.0. The number of ether oxygens (including phenoxy) is 1. The number of β-amino-alcohol motifs (C(OH)–C–C–N with tert-alkyl or cyclic N) is 1. The molecule has 2 aliphatic rings. The lowest BCUT2D eigenvalue weighted by Crippen LogP contribution is -2.56. The number of H-pyrrole nitrogens is 1. The highest BCUT2D eigenvalue weighted by Crippen LogP contribution is 2.32. The first-order chi connectivity index (χ1) is 17.4. The van der Waals surface area contributed by atoms with Gasteiger partial charge in [0, 0.05) is 32.0 Å². The van der Waals surface area contributed by atoms with Gasteiger partial charge in [0.05, 0.1) is 11.7 Å². The minimum Gasteiger partial charge on any atom is -0.445 e. The second-order valence-electron chi connectivity index (χ2n) is 9.98. The Morgan fingerprint density at radius 2 is 1.75 bits per heavy atom. The van der Waals surface area contributed by atoms with Gasteiger partial charge in [-0.3, -0.25) is 0 Å². The minimum absolute atomic E-state index is 0.237. The van der Waals surface area contributed by atoms with E-state index in [9.17, 15) is 15.0 Å². The van der Waals surface area contributed by atoms with Gasteiger partial charge < -0.3 is 29.7 Å². The lowest BCUT2D eigenvalue weighted by atomic mass is 9.84. The predicted molar refractivity (Wildman–Crippen MR) is 143 cm³/mol. The topological polar surface area (TPSA) is 89.0 Å². The van der Waals surface area contributed by atoms with E-state index >= 15 is 0 Å². The number of nitrogens with zero attached hydrogens (tertiary/aromatic N) is 2. The molecule has 7 heteroatoms. The highest BCUT2D eigenvalue weighted by Gasteiger charge is 2.41. The lowest BCUT2D eigenvalue weighted by molar-refractivity contribution is -0.116. The SMILES string of the molecule is C/C=C\C.Cc1c[nH]cc1C1CCN(CC(O)C2(O)CCN(C(=O)OCc3ccccc3)CC2)CC1. The number of hydrogen-bond donors (Lipinski definition) is 3. The van der Waals surface area contributed by atoms with Gasteiger partial charge >= 0.3 is 6.09 Å². The zero-order valence-corrected chi connectivity index (χ0v) is 22.0. The van der Waals surface area contributed by atoms with Crippen LogP contribution in [-0.4, -0.2) is 75.5 Å². The van der Waals surface area contributed by atoms with E-state index in [0.29, 0.717) is 38.4 Å². The fraction of sp³-hybridized carbons (Fsp3) is 0.552. The van der Waals surface area contributed by atoms with E-state index in [-0.39, 0.29) is 12.7 Å². The molecule has 1 aromatic carbocycles. The first-order valence-electron chi connectivity index (χ1n) is 13.1. The molecule has 2 aromatic rings. The molecule has 2 aliphatic heterocycles. The summed E-state index contributed by atoms with van der Waals surface area (Å²) in [6.45, 7) is 9.45. The third kappa shape index (κ3) is 7.69. The number of likely N-dealkylation sites (tertiary alicyclic amines) is 2. The number of hydrogen-bond acceptors (Lipinski definition) is 5. The molecule has 0 bridgehead atoms. The number of aromatic nitrogens is 1. The molecule has 1 aromatic heterocycles. The molecule has 2 saturated heterocycles. The summed E-state index contributed by atoms with van der Waals surface area (Å²) in [6, 6.07) is 9.58. The molecule has 0 saturated carbocycles. The average molecular weight is 498 g/mol. The highest BCUT2D eigenvalue weighted by molar-refractivity contribution is 5.67. The van der Waals surface area contributed by atoms with E-state index in [0.717, 1.165) is 31.5 Å². The standard InChI is InChI=1S/C25H35N3O4.C4H8/c1-19-15-26-16-22(19)21-7-11-27(12-8-21)17-23(29)25(31)9-13-28(14-10-25)24(30)32-18-20-5-3-2-4-6-20;1-3-4-2/h2-6,15-16,21,23,26,29,31H,7-14,17-18H2,1H3;3-4H,1-2H3/b;4-3-. The Labute approximate surface area is 215 Å². The molecule has 198 valence electrons. The fourth-order valence-corrected chi connectivity index (χ4v) is 4.95. The summed E-state index contributed by atoms with van der Waals surface area (Å²) < 4.78 is 5.40. The number of aromatic amines is 1. The van der Waals surface area contributed by atoms with Crippen molar-refractivity contribution >= 4 is 6.09 Å². The van der Waals surface area contributed by atoms with E-state index in [1.807, 2.05) is 62.5 Å². The number of piperidine rings is 2. The van der Waals surface area contributed by atoms with E-state index in [1.54, 1.807) is 4.90 Å². The second kappa shape index (κ2) is 13.6. The van der Waals surface area contributed by atoms with Crippen molar-refractivity contribution in [1.29, 1.82) is 0 Å². The van der Waals surface area contributed by atoms with Crippen LogP contribution in [0.2, 0.25) is 0 Å². The maximum absolute atomic E-state index is 12.4. The number of carbonyl (C=O) groups excluding carboxylic acids is 1. The van der Waals surface area contributed by atoms with Crippen LogP contribution >= 0.6 is 0 Å². The number of benzene rings is 1. The summed E-state index contributed by atoms with van der Waals surface area (Å²) in [5, 5.41) is 21.9. The molecule has 0 spiro atoms. The average Bonchev–Trinajstić information content (AvgIpc) is 3.34. The van der Waals surface area contributed by atoms with Crippen LogP contribution in [0.4, 0.5) is 4.79 Å². The monoisotopic (exact) mass is 497 g/mol. The van der Waals surface area contributed by atoms with Crippen LogP contribution in [0, 0.1) is 6.92 Å². The van der Waals surface area contributed by atoms with Gasteiger partial charge in [0.15, 0.2) is 0 Å². The maximum atomic E-state index is 12.4. The van der Waals surface area contributed by atoms with Gasteiger partial charge in [-0.05, 0) is 82.2 Å². The van der Waals surface area contributed by atoms with E-state index in [1.165, 1.54) is 11.1 Å². The molecule has 2 fully saturated rings. The van der Waals surface area contributed by atoms with Crippen LogP contribution in [0.15, 0.2) is 54.9 Å². The number of aliphatic hydroxyl groups excluding tert-OH is 1. The quantitative estimate of drug-likeness (QED) is 0.507. The highest BCUT2D eigenvalue weighted by atomic mass is 16.6. The summed E-state index contributed by atoms with van der Waals surface area (Å²) >= 11 is 0. The van der Waals surface area contributed by atoms with Gasteiger partial charge in [-0.15, -0.1) is 0 Å². The van der Waals surface area contributed by atoms with Crippen LogP contribution in [-0.2, 0) is 11.3 Å². The number of carbonyl (C=O) groups is 1. The Morgan fingerprint density at radius 1 is 1.11 bits per heavy atom. The molecule has 3 heterocycles. The van der Waals surface area contributed by atoms with Crippen molar-refractivity contribution in [3.8, 4) is 0 Å². The van der Waals surface area contributed by atoms with Gasteiger partial charge in [0.2, 0.25) is 0 Å². The van der Waals surface area contributed by atoms with Crippen molar-refractivity contribution < 1.29 is 19.7 Å². The van der Waals surface area contributed by atoms with Crippen molar-refractivity contribution in [3.05, 3.63) is 71.6 Å². The number of amides is 1. The first-order valence-corrected chi connectivity index (χ1v) is 13.1. The molecule has 0 radical (unpaired) electrons. The summed E-state index contributed by atoms with van der Waals surface area (Å²) in [6.07, 6.45) is 9.79. The Kier molecular flexibility index (Phi) is 10.6. The Hall–Kier alpha value is -2.61. The van der Waals surface area contributed by atoms with Crippen molar-refractivity contribution in [2.24, 2.45) is 0 Å². The van der Waals surface area contributed by atoms with Gasteiger partial charge in [0.1, 0.15) is 6.61 Å².